The first-order valence-electron chi connectivity index (χ1n) is 20.5. The fourth-order valence-corrected chi connectivity index (χ4v) is 9.77. The van der Waals surface area contributed by atoms with Gasteiger partial charge in [0.1, 0.15) is 11.6 Å². The number of nitrogens with two attached hydrogens (primary N) is 1. The largest absolute Gasteiger partial charge is 0.481 e. The smallest absolute Gasteiger partial charge is 0.332 e. The quantitative estimate of drug-likeness (QED) is 0.122. The topological polar surface area (TPSA) is 219 Å². The van der Waals surface area contributed by atoms with Crippen LogP contribution in [0.2, 0.25) is 0 Å². The van der Waals surface area contributed by atoms with E-state index in [2.05, 4.69) is 29.8 Å². The van der Waals surface area contributed by atoms with Crippen LogP contribution in [0, 0.1) is 35.0 Å². The minimum Gasteiger partial charge on any atom is -0.481 e. The lowest BCUT2D eigenvalue weighted by Gasteiger charge is -2.20. The lowest BCUT2D eigenvalue weighted by Crippen LogP contribution is -2.38. The molecule has 2 atom stereocenters. The molecule has 2 aliphatic heterocycles. The molecule has 2 aromatic heterocycles. The SMILES string of the molecule is CN1CCC(CS(N)(=O)=O)C1.COc1cc(-c2cc(F)cc(C(C)C)c2NC(=O)NS(=O)(=O)CC2CCN(C)C2)ccn1.COc1cc(-c2cc(F)cc(C(C)C)c2OC#N)ccn1. The number of carbonyl (C=O) groups is 1. The lowest BCUT2D eigenvalue weighted by atomic mass is 9.94. The zero-order chi connectivity index (χ0) is 47.4. The highest BCUT2D eigenvalue weighted by Gasteiger charge is 2.28. The Morgan fingerprint density at radius 3 is 1.75 bits per heavy atom. The lowest BCUT2D eigenvalue weighted by molar-refractivity contribution is 0.256. The standard InChI is InChI=1S/C22H29FN4O4S.C16H15FN2O2.C6H14N2O2S/c1-14(2)18-10-17(23)11-19(16-5-7-24-20(9-16)31-4)21(18)25-22(28)26-32(29,30)13-15-6-8-27(3)12-15;1-10(2)13-7-12(17)8-14(16(13)21-9-18)11-4-5-19-15(6-11)20-3;1-8-3-2-6(4-8)5-11(7,9)10/h5,7,9-11,14-15H,6,8,12-13H2,1-4H3,(H2,25,26,28);4-8,10H,1-3H3;6H,2-5H2,1H3,(H2,7,9,10). The third kappa shape index (κ3) is 15.4. The number of aromatic nitrogens is 2. The second-order valence-corrected chi connectivity index (χ2v) is 19.9. The van der Waals surface area contributed by atoms with Crippen LogP contribution in [0.5, 0.6) is 17.5 Å². The van der Waals surface area contributed by atoms with Gasteiger partial charge in [-0.25, -0.2) is 50.2 Å². The monoisotopic (exact) mass is 928 g/mol. The Bertz CT molecular complexity index is 2510. The highest BCUT2D eigenvalue weighted by Crippen LogP contribution is 2.39. The van der Waals surface area contributed by atoms with E-state index in [1.54, 1.807) is 36.7 Å². The molecule has 64 heavy (non-hydrogen) atoms. The van der Waals surface area contributed by atoms with Gasteiger partial charge in [-0.2, -0.15) is 0 Å². The van der Waals surface area contributed by atoms with Crippen molar-refractivity contribution in [1.82, 2.24) is 24.5 Å². The predicted molar refractivity (Wildman–Crippen MR) is 242 cm³/mol. The summed E-state index contributed by atoms with van der Waals surface area (Å²) in [5, 5.41) is 16.4. The molecule has 6 rings (SSSR count). The maximum atomic E-state index is 14.4. The summed E-state index contributed by atoms with van der Waals surface area (Å²) in [7, 11) is -0.191. The second-order valence-electron chi connectivity index (χ2n) is 16.5. The van der Waals surface area contributed by atoms with Gasteiger partial charge in [0.2, 0.25) is 31.8 Å². The number of benzene rings is 2. The van der Waals surface area contributed by atoms with E-state index in [4.69, 9.17) is 24.6 Å². The van der Waals surface area contributed by atoms with Gasteiger partial charge >= 0.3 is 6.03 Å². The Morgan fingerprint density at radius 1 is 0.812 bits per heavy atom. The summed E-state index contributed by atoms with van der Waals surface area (Å²) in [6.07, 6.45) is 6.46. The number of hydrogen-bond acceptors (Lipinski definition) is 13. The number of nitrogens with one attached hydrogen (secondary N) is 2. The third-order valence-electron chi connectivity index (χ3n) is 10.5. The van der Waals surface area contributed by atoms with Gasteiger partial charge in [-0.05, 0) is 117 Å². The Hall–Kier alpha value is -5.46. The number of ether oxygens (including phenoxy) is 3. The summed E-state index contributed by atoms with van der Waals surface area (Å²) in [5.41, 5.74) is 3.67. The first-order valence-corrected chi connectivity index (χ1v) is 23.9. The summed E-state index contributed by atoms with van der Waals surface area (Å²) in [4.78, 5) is 24.9. The van der Waals surface area contributed by atoms with E-state index >= 15 is 0 Å². The van der Waals surface area contributed by atoms with E-state index < -0.39 is 31.9 Å². The number of hydrogen-bond donors (Lipinski definition) is 3. The molecule has 4 N–H and O–H groups in total. The number of nitrogens with zero attached hydrogens (tertiary/aromatic N) is 5. The minimum atomic E-state index is -3.83. The van der Waals surface area contributed by atoms with Crippen molar-refractivity contribution in [1.29, 1.82) is 5.26 Å². The van der Waals surface area contributed by atoms with Crippen LogP contribution in [0.3, 0.4) is 0 Å². The molecule has 0 bridgehead atoms. The van der Waals surface area contributed by atoms with Crippen LogP contribution in [0.1, 0.15) is 63.5 Å². The molecule has 2 aromatic carbocycles. The molecule has 2 aliphatic rings. The Kier molecular flexibility index (Phi) is 18.3. The average Bonchev–Trinajstić information content (AvgIpc) is 3.83. The molecular weight excluding hydrogens is 871 g/mol. The van der Waals surface area contributed by atoms with Crippen molar-refractivity contribution in [3.05, 3.63) is 83.7 Å². The number of urea groups is 1. The van der Waals surface area contributed by atoms with Crippen molar-refractivity contribution < 1.29 is 44.6 Å². The minimum absolute atomic E-state index is 0.0199. The summed E-state index contributed by atoms with van der Waals surface area (Å²) < 4.78 is 92.1. The van der Waals surface area contributed by atoms with Crippen molar-refractivity contribution in [2.24, 2.45) is 17.0 Å². The van der Waals surface area contributed by atoms with E-state index in [1.165, 1.54) is 44.7 Å². The second kappa shape index (κ2) is 22.9. The molecule has 0 spiro atoms. The van der Waals surface area contributed by atoms with Gasteiger partial charge in [0.05, 0.1) is 31.4 Å². The molecular formula is C44H58F2N8O8S2. The van der Waals surface area contributed by atoms with Crippen molar-refractivity contribution in [3.8, 4) is 46.0 Å². The van der Waals surface area contributed by atoms with Crippen LogP contribution in [0.4, 0.5) is 19.3 Å². The van der Waals surface area contributed by atoms with E-state index in [1.807, 2.05) is 41.8 Å². The van der Waals surface area contributed by atoms with Crippen molar-refractivity contribution >= 4 is 31.8 Å². The van der Waals surface area contributed by atoms with E-state index in [-0.39, 0.29) is 41.0 Å². The molecule has 2 amide bonds. The molecule has 4 aromatic rings. The number of amides is 2. The predicted octanol–water partition coefficient (Wildman–Crippen LogP) is 6.53. The van der Waals surface area contributed by atoms with Gasteiger partial charge in [0.25, 0.3) is 6.26 Å². The number of primary sulfonamides is 1. The number of halogens is 2. The highest BCUT2D eigenvalue weighted by molar-refractivity contribution is 7.90. The molecule has 2 unspecified atom stereocenters. The maximum Gasteiger partial charge on any atom is 0.332 e. The Labute approximate surface area is 375 Å². The first-order chi connectivity index (χ1) is 30.1. The van der Waals surface area contributed by atoms with Gasteiger partial charge in [-0.3, -0.25) is 0 Å². The van der Waals surface area contributed by atoms with Crippen molar-refractivity contribution in [3.63, 3.8) is 0 Å². The molecule has 4 heterocycles. The summed E-state index contributed by atoms with van der Waals surface area (Å²) in [6, 6.07) is 11.1. The molecule has 348 valence electrons. The number of likely N-dealkylation sites (tertiary alicyclic amines) is 2. The molecule has 0 radical (unpaired) electrons. The zero-order valence-corrected chi connectivity index (χ0v) is 39.0. The highest BCUT2D eigenvalue weighted by atomic mass is 32.2. The average molecular weight is 929 g/mol. The van der Waals surface area contributed by atoms with Crippen LogP contribution >= 0.6 is 0 Å². The number of anilines is 1. The van der Waals surface area contributed by atoms with Crippen LogP contribution < -0.4 is 29.4 Å². The molecule has 20 heteroatoms. The summed E-state index contributed by atoms with van der Waals surface area (Å²) >= 11 is 0. The number of rotatable bonds is 13. The molecule has 0 saturated carbocycles. The maximum absolute atomic E-state index is 14.4. The van der Waals surface area contributed by atoms with Crippen LogP contribution in [0.25, 0.3) is 22.3 Å². The zero-order valence-electron chi connectivity index (χ0n) is 37.4. The van der Waals surface area contributed by atoms with Crippen LogP contribution in [-0.4, -0.2) is 109 Å². The van der Waals surface area contributed by atoms with Gasteiger partial charge in [0, 0.05) is 54.3 Å². The Morgan fingerprint density at radius 2 is 1.30 bits per heavy atom. The van der Waals surface area contributed by atoms with Crippen molar-refractivity contribution in [2.45, 2.75) is 52.4 Å². The van der Waals surface area contributed by atoms with E-state index in [9.17, 15) is 30.4 Å². The van der Waals surface area contributed by atoms with E-state index in [0.717, 1.165) is 32.5 Å². The fourth-order valence-electron chi connectivity index (χ4n) is 7.53. The number of methoxy groups -OCH3 is 2. The van der Waals surface area contributed by atoms with Gasteiger partial charge in [0.15, 0.2) is 5.75 Å². The molecule has 0 aliphatic carbocycles. The molecule has 16 nitrogen and oxygen atoms in total. The Balaban J connectivity index is 0.000000239. The first kappa shape index (κ1) is 51.2. The summed E-state index contributed by atoms with van der Waals surface area (Å²) in [5.74, 6) is 0.373. The molecule has 2 fully saturated rings. The van der Waals surface area contributed by atoms with Crippen LogP contribution in [-0.2, 0) is 20.0 Å². The number of carbonyl (C=O) groups excluding carboxylic acids is 1. The van der Waals surface area contributed by atoms with Gasteiger partial charge in [-0.1, -0.05) is 27.7 Å². The normalized spacial score (nSPS) is 16.6. The third-order valence-corrected chi connectivity index (χ3v) is 12.8. The van der Waals surface area contributed by atoms with Crippen molar-refractivity contribution in [2.75, 3.05) is 71.3 Å². The number of sulfonamides is 2. The van der Waals surface area contributed by atoms with Gasteiger partial charge in [-0.15, -0.1) is 5.26 Å². The summed E-state index contributed by atoms with van der Waals surface area (Å²) in [6.45, 7) is 10.9. The number of nitriles is 1. The fraction of sp³-hybridized carbons (Fsp3) is 0.455. The van der Waals surface area contributed by atoms with Gasteiger partial charge < -0.3 is 29.3 Å². The van der Waals surface area contributed by atoms with E-state index in [0.29, 0.717) is 63.1 Å². The van der Waals surface area contributed by atoms with Crippen LogP contribution in [0.15, 0.2) is 60.9 Å². The molecule has 2 saturated heterocycles. The number of pyridine rings is 2.